The van der Waals surface area contributed by atoms with E-state index in [4.69, 9.17) is 0 Å². The van der Waals surface area contributed by atoms with Crippen molar-refractivity contribution in [3.05, 3.63) is 36.9 Å². The van der Waals surface area contributed by atoms with Crippen LogP contribution in [0, 0.1) is 5.92 Å². The van der Waals surface area contributed by atoms with Gasteiger partial charge in [0, 0.05) is 48.4 Å². The molecule has 0 aromatic carbocycles. The van der Waals surface area contributed by atoms with Gasteiger partial charge in [-0.15, -0.1) is 0 Å². The number of nitrogens with zero attached hydrogens (tertiary/aromatic N) is 5. The lowest BCUT2D eigenvalue weighted by Crippen LogP contribution is -2.39. The number of aromatic nitrogens is 4. The molecule has 0 bridgehead atoms. The van der Waals surface area contributed by atoms with Gasteiger partial charge in [0.15, 0.2) is 0 Å². The third kappa shape index (κ3) is 4.01. The van der Waals surface area contributed by atoms with Gasteiger partial charge in [0.25, 0.3) is 0 Å². The van der Waals surface area contributed by atoms with Crippen molar-refractivity contribution in [3.63, 3.8) is 0 Å². The maximum atomic E-state index is 12.6. The molecule has 0 saturated carbocycles. The molecule has 3 aromatic rings. The van der Waals surface area contributed by atoms with E-state index in [1.165, 1.54) is 0 Å². The number of pyridine rings is 2. The Morgan fingerprint density at radius 3 is 2.71 bits per heavy atom. The number of carbonyl (C=O) groups excluding carboxylic acids is 1. The zero-order valence-electron chi connectivity index (χ0n) is 15.8. The molecule has 4 rings (SSSR count). The molecule has 1 saturated heterocycles. The first-order valence-corrected chi connectivity index (χ1v) is 9.46. The number of anilines is 1. The molecule has 28 heavy (non-hydrogen) atoms. The highest BCUT2D eigenvalue weighted by Crippen LogP contribution is 2.24. The highest BCUT2D eigenvalue weighted by Gasteiger charge is 2.25. The van der Waals surface area contributed by atoms with Gasteiger partial charge in [-0.25, -0.2) is 9.37 Å². The third-order valence-electron chi connectivity index (χ3n) is 5.22. The molecular formula is C20H23FN6O. The summed E-state index contributed by atoms with van der Waals surface area (Å²) in [7, 11) is 1.87. The van der Waals surface area contributed by atoms with Crippen LogP contribution in [0.1, 0.15) is 12.8 Å². The van der Waals surface area contributed by atoms with Crippen molar-refractivity contribution in [3.8, 4) is 11.1 Å². The fourth-order valence-corrected chi connectivity index (χ4v) is 3.59. The molecule has 0 atom stereocenters. The summed E-state index contributed by atoms with van der Waals surface area (Å²) in [4.78, 5) is 23.4. The van der Waals surface area contributed by atoms with E-state index in [-0.39, 0.29) is 18.5 Å². The first kappa shape index (κ1) is 18.5. The van der Waals surface area contributed by atoms with E-state index < -0.39 is 0 Å². The van der Waals surface area contributed by atoms with E-state index in [0.717, 1.165) is 48.0 Å². The monoisotopic (exact) mass is 382 g/mol. The Hall–Kier alpha value is -2.87. The van der Waals surface area contributed by atoms with E-state index >= 15 is 0 Å². The molecule has 1 aliphatic rings. The fourth-order valence-electron chi connectivity index (χ4n) is 3.59. The van der Waals surface area contributed by atoms with Crippen LogP contribution in [0.5, 0.6) is 0 Å². The lowest BCUT2D eigenvalue weighted by atomic mass is 9.96. The Balaban J connectivity index is 1.47. The van der Waals surface area contributed by atoms with Crippen LogP contribution in [-0.2, 0) is 11.8 Å². The summed E-state index contributed by atoms with van der Waals surface area (Å²) in [5, 5.41) is 8.03. The summed E-state index contributed by atoms with van der Waals surface area (Å²) in [6.45, 7) is 1.62. The smallest absolute Gasteiger partial charge is 0.228 e. The van der Waals surface area contributed by atoms with Crippen LogP contribution in [0.2, 0.25) is 0 Å². The van der Waals surface area contributed by atoms with Crippen molar-refractivity contribution < 1.29 is 9.18 Å². The summed E-state index contributed by atoms with van der Waals surface area (Å²) in [6.07, 6.45) is 8.68. The molecular weight excluding hydrogens is 359 g/mol. The molecule has 1 aliphatic heterocycles. The van der Waals surface area contributed by atoms with Gasteiger partial charge in [0.2, 0.25) is 5.91 Å². The van der Waals surface area contributed by atoms with Gasteiger partial charge < -0.3 is 10.2 Å². The summed E-state index contributed by atoms with van der Waals surface area (Å²) < 4.78 is 14.2. The number of likely N-dealkylation sites (tertiary alicyclic amines) is 1. The molecule has 1 fully saturated rings. The summed E-state index contributed by atoms with van der Waals surface area (Å²) in [6, 6.07) is 3.87. The quantitative estimate of drug-likeness (QED) is 0.734. The maximum absolute atomic E-state index is 12.6. The SMILES string of the molecule is Cn1cc(-c2cnc3cnc(NC(=O)C4CCN(CCF)CC4)cc3c2)cn1. The number of piperidine rings is 1. The lowest BCUT2D eigenvalue weighted by molar-refractivity contribution is -0.121. The van der Waals surface area contributed by atoms with Gasteiger partial charge >= 0.3 is 0 Å². The van der Waals surface area contributed by atoms with Crippen LogP contribution in [0.4, 0.5) is 10.2 Å². The maximum Gasteiger partial charge on any atom is 0.228 e. The zero-order chi connectivity index (χ0) is 19.5. The second-order valence-electron chi connectivity index (χ2n) is 7.18. The van der Waals surface area contributed by atoms with Crippen molar-refractivity contribution in [2.75, 3.05) is 31.6 Å². The summed E-state index contributed by atoms with van der Waals surface area (Å²) in [5.74, 6) is 0.435. The van der Waals surface area contributed by atoms with Crippen molar-refractivity contribution in [1.82, 2.24) is 24.6 Å². The van der Waals surface area contributed by atoms with Crippen molar-refractivity contribution >= 4 is 22.6 Å². The molecule has 0 unspecified atom stereocenters. The second kappa shape index (κ2) is 8.02. The van der Waals surface area contributed by atoms with Gasteiger partial charge in [-0.2, -0.15) is 5.10 Å². The Kier molecular flexibility index (Phi) is 5.29. The second-order valence-corrected chi connectivity index (χ2v) is 7.18. The van der Waals surface area contributed by atoms with Crippen LogP contribution < -0.4 is 5.32 Å². The molecule has 3 aromatic heterocycles. The van der Waals surface area contributed by atoms with E-state index in [1.807, 2.05) is 25.4 Å². The van der Waals surface area contributed by atoms with Crippen LogP contribution in [0.25, 0.3) is 22.0 Å². The van der Waals surface area contributed by atoms with Crippen LogP contribution in [-0.4, -0.2) is 56.9 Å². The normalized spacial score (nSPS) is 15.8. The fraction of sp³-hybridized carbons (Fsp3) is 0.400. The van der Waals surface area contributed by atoms with Crippen LogP contribution in [0.3, 0.4) is 0 Å². The van der Waals surface area contributed by atoms with Crippen LogP contribution >= 0.6 is 0 Å². The Labute approximate surface area is 162 Å². The van der Waals surface area contributed by atoms with Gasteiger partial charge in [-0.1, -0.05) is 0 Å². The predicted octanol–water partition coefficient (Wildman–Crippen LogP) is 2.65. The largest absolute Gasteiger partial charge is 0.310 e. The molecule has 4 heterocycles. The first-order chi connectivity index (χ1) is 13.6. The van der Waals surface area contributed by atoms with E-state index in [2.05, 4.69) is 25.3 Å². The molecule has 1 amide bonds. The van der Waals surface area contributed by atoms with Crippen molar-refractivity contribution in [2.45, 2.75) is 12.8 Å². The molecule has 0 spiro atoms. The average Bonchev–Trinajstić information content (AvgIpc) is 3.14. The number of hydrogen-bond donors (Lipinski definition) is 1. The molecule has 7 nitrogen and oxygen atoms in total. The summed E-state index contributed by atoms with van der Waals surface area (Å²) >= 11 is 0. The zero-order valence-corrected chi connectivity index (χ0v) is 15.8. The first-order valence-electron chi connectivity index (χ1n) is 9.46. The third-order valence-corrected chi connectivity index (χ3v) is 5.22. The van der Waals surface area contributed by atoms with Gasteiger partial charge in [-0.05, 0) is 38.1 Å². The minimum Gasteiger partial charge on any atom is -0.310 e. The number of nitrogens with one attached hydrogen (secondary N) is 1. The standard InChI is InChI=1S/C20H23FN6O/c1-26-13-17(11-24-26)16-8-15-9-19(23-12-18(15)22-10-16)25-20(28)14-2-5-27(6-3-14)7-4-21/h8-14H,2-7H2,1H3,(H,23,25,28). The molecule has 146 valence electrons. The predicted molar refractivity (Wildman–Crippen MR) is 106 cm³/mol. The van der Waals surface area contributed by atoms with Crippen molar-refractivity contribution in [1.29, 1.82) is 0 Å². The van der Waals surface area contributed by atoms with Crippen LogP contribution in [0.15, 0.2) is 36.9 Å². The highest BCUT2D eigenvalue weighted by molar-refractivity contribution is 5.94. The number of hydrogen-bond acceptors (Lipinski definition) is 5. The van der Waals surface area contributed by atoms with Crippen molar-refractivity contribution in [2.24, 2.45) is 13.0 Å². The number of carbonyl (C=O) groups is 1. The Bertz CT molecular complexity index is 980. The number of fused-ring (bicyclic) bond motifs is 1. The number of halogens is 1. The van der Waals surface area contributed by atoms with E-state index in [9.17, 15) is 9.18 Å². The lowest BCUT2D eigenvalue weighted by Gasteiger charge is -2.30. The Morgan fingerprint density at radius 1 is 1.18 bits per heavy atom. The van der Waals surface area contributed by atoms with Gasteiger partial charge in [-0.3, -0.25) is 14.5 Å². The number of rotatable bonds is 5. The highest BCUT2D eigenvalue weighted by atomic mass is 19.1. The average molecular weight is 382 g/mol. The molecule has 0 radical (unpaired) electrons. The Morgan fingerprint density at radius 2 is 2.00 bits per heavy atom. The van der Waals surface area contributed by atoms with Gasteiger partial charge in [0.1, 0.15) is 12.5 Å². The molecule has 1 N–H and O–H groups in total. The summed E-state index contributed by atoms with van der Waals surface area (Å²) in [5.41, 5.74) is 2.72. The topological polar surface area (TPSA) is 75.9 Å². The number of aryl methyl sites for hydroxylation is 1. The minimum atomic E-state index is -0.340. The molecule has 0 aliphatic carbocycles. The van der Waals surface area contributed by atoms with E-state index in [1.54, 1.807) is 23.3 Å². The van der Waals surface area contributed by atoms with Gasteiger partial charge in [0.05, 0.1) is 17.9 Å². The van der Waals surface area contributed by atoms with E-state index in [0.29, 0.717) is 12.4 Å². The minimum absolute atomic E-state index is 0.0249. The number of alkyl halides is 1. The molecule has 8 heteroatoms. The number of amides is 1.